The Labute approximate surface area is 130 Å². The van der Waals surface area contributed by atoms with Crippen LogP contribution in [0.5, 0.6) is 0 Å². The van der Waals surface area contributed by atoms with Crippen molar-refractivity contribution in [1.29, 1.82) is 0 Å². The minimum Gasteiger partial charge on any atom is -0.302 e. The summed E-state index contributed by atoms with van der Waals surface area (Å²) in [5.41, 5.74) is 0. The predicted octanol–water partition coefficient (Wildman–Crippen LogP) is 1.70. The highest BCUT2D eigenvalue weighted by atomic mass is 16.1. The third-order valence-corrected chi connectivity index (χ3v) is 5.26. The van der Waals surface area contributed by atoms with E-state index in [1.54, 1.807) is 0 Å². The Balaban J connectivity index is 1.61. The summed E-state index contributed by atoms with van der Waals surface area (Å²) in [6, 6.07) is 0.683. The van der Waals surface area contributed by atoms with Gasteiger partial charge in [-0.05, 0) is 39.8 Å². The van der Waals surface area contributed by atoms with Crippen LogP contribution in [0.15, 0.2) is 0 Å². The second kappa shape index (κ2) is 8.25. The Morgan fingerprint density at radius 3 is 1.95 bits per heavy atom. The molecule has 4 heteroatoms. The maximum absolute atomic E-state index is 11.7. The lowest BCUT2D eigenvalue weighted by molar-refractivity contribution is -0.123. The molecule has 2 saturated heterocycles. The smallest absolute Gasteiger partial charge is 0.135 e. The van der Waals surface area contributed by atoms with Crippen LogP contribution in [-0.2, 0) is 4.79 Å². The second-order valence-corrected chi connectivity index (χ2v) is 6.91. The summed E-state index contributed by atoms with van der Waals surface area (Å²) in [6.07, 6.45) is 2.87. The summed E-state index contributed by atoms with van der Waals surface area (Å²) in [4.78, 5) is 19.5. The summed E-state index contributed by atoms with van der Waals surface area (Å²) >= 11 is 0. The van der Waals surface area contributed by atoms with E-state index in [2.05, 4.69) is 28.5 Å². The van der Waals surface area contributed by atoms with Gasteiger partial charge in [-0.3, -0.25) is 14.6 Å². The van der Waals surface area contributed by atoms with Crippen LogP contribution in [-0.4, -0.2) is 78.9 Å². The van der Waals surface area contributed by atoms with Gasteiger partial charge >= 0.3 is 0 Å². The molecular formula is C17H33N3O. The van der Waals surface area contributed by atoms with E-state index in [1.165, 1.54) is 39.3 Å². The number of hydrogen-bond acceptors (Lipinski definition) is 4. The van der Waals surface area contributed by atoms with E-state index >= 15 is 0 Å². The number of nitrogens with zero attached hydrogens (tertiary/aromatic N) is 3. The van der Waals surface area contributed by atoms with E-state index in [1.807, 2.05) is 6.92 Å². The van der Waals surface area contributed by atoms with Gasteiger partial charge in [-0.25, -0.2) is 0 Å². The fraction of sp³-hybridized carbons (Fsp3) is 0.941. The van der Waals surface area contributed by atoms with Crippen molar-refractivity contribution >= 4 is 5.78 Å². The molecule has 0 aromatic rings. The van der Waals surface area contributed by atoms with Crippen LogP contribution in [0.3, 0.4) is 0 Å². The lowest BCUT2D eigenvalue weighted by atomic mass is 9.91. The van der Waals surface area contributed by atoms with Gasteiger partial charge < -0.3 is 4.90 Å². The van der Waals surface area contributed by atoms with Crippen molar-refractivity contribution in [3.63, 3.8) is 0 Å². The number of carbonyl (C=O) groups excluding carboxylic acids is 1. The molecule has 2 fully saturated rings. The van der Waals surface area contributed by atoms with Gasteiger partial charge in [0.25, 0.3) is 0 Å². The Hall–Kier alpha value is -0.450. The molecule has 0 radical (unpaired) electrons. The molecule has 0 saturated carbocycles. The normalized spacial score (nSPS) is 23.8. The van der Waals surface area contributed by atoms with Crippen LogP contribution < -0.4 is 0 Å². The molecule has 0 spiro atoms. The van der Waals surface area contributed by atoms with Crippen LogP contribution in [0.2, 0.25) is 0 Å². The number of rotatable bonds is 6. The van der Waals surface area contributed by atoms with Crippen molar-refractivity contribution in [3.8, 4) is 0 Å². The van der Waals surface area contributed by atoms with Crippen molar-refractivity contribution in [1.82, 2.24) is 14.7 Å². The maximum atomic E-state index is 11.7. The largest absolute Gasteiger partial charge is 0.302 e. The first-order valence-corrected chi connectivity index (χ1v) is 8.81. The molecule has 2 aliphatic heterocycles. The zero-order chi connectivity index (χ0) is 15.2. The van der Waals surface area contributed by atoms with Gasteiger partial charge in [0.1, 0.15) is 5.78 Å². The van der Waals surface area contributed by atoms with Gasteiger partial charge in [-0.15, -0.1) is 0 Å². The van der Waals surface area contributed by atoms with Gasteiger partial charge in [0.15, 0.2) is 0 Å². The molecule has 0 N–H and O–H groups in total. The fourth-order valence-electron chi connectivity index (χ4n) is 3.55. The Morgan fingerprint density at radius 2 is 1.48 bits per heavy atom. The van der Waals surface area contributed by atoms with Crippen molar-refractivity contribution in [2.75, 3.05) is 52.4 Å². The van der Waals surface area contributed by atoms with Gasteiger partial charge in [0.2, 0.25) is 0 Å². The number of Topliss-reactive ketones (excluding diaryl/α,β-unsaturated/α-hetero) is 1. The average Bonchev–Trinajstić information content (AvgIpc) is 2.53. The van der Waals surface area contributed by atoms with E-state index in [0.29, 0.717) is 24.2 Å². The number of piperazine rings is 1. The molecular weight excluding hydrogens is 262 g/mol. The molecule has 0 atom stereocenters. The van der Waals surface area contributed by atoms with Crippen LogP contribution in [0.25, 0.3) is 0 Å². The highest BCUT2D eigenvalue weighted by Gasteiger charge is 2.24. The number of carbonyl (C=O) groups is 1. The maximum Gasteiger partial charge on any atom is 0.135 e. The zero-order valence-corrected chi connectivity index (χ0v) is 14.2. The van der Waals surface area contributed by atoms with Crippen molar-refractivity contribution in [2.24, 2.45) is 5.92 Å². The molecule has 0 aromatic carbocycles. The topological polar surface area (TPSA) is 26.8 Å². The molecule has 2 aliphatic rings. The first-order valence-electron chi connectivity index (χ1n) is 8.81. The van der Waals surface area contributed by atoms with Crippen LogP contribution in [0, 0.1) is 5.92 Å². The number of ketones is 1. The fourth-order valence-corrected chi connectivity index (χ4v) is 3.55. The van der Waals surface area contributed by atoms with E-state index < -0.39 is 0 Å². The van der Waals surface area contributed by atoms with E-state index in [4.69, 9.17) is 0 Å². The van der Waals surface area contributed by atoms with Gasteiger partial charge in [-0.2, -0.15) is 0 Å². The average molecular weight is 295 g/mol. The standard InChI is InChI=1S/C17H33N3O/c1-4-17(21)16-5-7-18(8-6-16)9-10-19-11-13-20(14-12-19)15(2)3/h15-16H,4-14H2,1-3H3. The molecule has 0 aromatic heterocycles. The lowest BCUT2D eigenvalue weighted by Crippen LogP contribution is -2.50. The highest BCUT2D eigenvalue weighted by Crippen LogP contribution is 2.19. The van der Waals surface area contributed by atoms with E-state index in [9.17, 15) is 4.79 Å². The Kier molecular flexibility index (Phi) is 6.65. The van der Waals surface area contributed by atoms with Crippen molar-refractivity contribution in [3.05, 3.63) is 0 Å². The third-order valence-electron chi connectivity index (χ3n) is 5.26. The number of likely N-dealkylation sites (tertiary alicyclic amines) is 1. The summed E-state index contributed by atoms with van der Waals surface area (Å²) < 4.78 is 0. The number of piperidine rings is 1. The molecule has 0 aliphatic carbocycles. The molecule has 122 valence electrons. The van der Waals surface area contributed by atoms with Crippen LogP contribution in [0.4, 0.5) is 0 Å². The minimum absolute atomic E-state index is 0.348. The van der Waals surface area contributed by atoms with Crippen molar-refractivity contribution in [2.45, 2.75) is 46.1 Å². The molecule has 4 nitrogen and oxygen atoms in total. The monoisotopic (exact) mass is 295 g/mol. The zero-order valence-electron chi connectivity index (χ0n) is 14.2. The van der Waals surface area contributed by atoms with Gasteiger partial charge in [-0.1, -0.05) is 6.92 Å². The summed E-state index contributed by atoms with van der Waals surface area (Å²) in [5.74, 6) is 0.820. The van der Waals surface area contributed by atoms with Gasteiger partial charge in [0, 0.05) is 57.6 Å². The number of hydrogen-bond donors (Lipinski definition) is 0. The first-order chi connectivity index (χ1) is 10.1. The first kappa shape index (κ1) is 16.9. The van der Waals surface area contributed by atoms with E-state index in [-0.39, 0.29) is 0 Å². The molecule has 21 heavy (non-hydrogen) atoms. The Bertz CT molecular complexity index is 316. The van der Waals surface area contributed by atoms with Crippen LogP contribution >= 0.6 is 0 Å². The van der Waals surface area contributed by atoms with Crippen molar-refractivity contribution < 1.29 is 4.79 Å². The molecule has 2 heterocycles. The SMILES string of the molecule is CCC(=O)C1CCN(CCN2CCN(C(C)C)CC2)CC1. The van der Waals surface area contributed by atoms with E-state index in [0.717, 1.165) is 25.9 Å². The molecule has 0 amide bonds. The predicted molar refractivity (Wildman–Crippen MR) is 87.6 cm³/mol. The summed E-state index contributed by atoms with van der Waals surface area (Å²) in [5, 5.41) is 0. The molecule has 0 unspecified atom stereocenters. The summed E-state index contributed by atoms with van der Waals surface area (Å²) in [6.45, 7) is 16.0. The molecule has 0 bridgehead atoms. The third kappa shape index (κ3) is 5.04. The Morgan fingerprint density at radius 1 is 0.952 bits per heavy atom. The van der Waals surface area contributed by atoms with Gasteiger partial charge in [0.05, 0.1) is 0 Å². The second-order valence-electron chi connectivity index (χ2n) is 6.91. The minimum atomic E-state index is 0.348. The quantitative estimate of drug-likeness (QED) is 0.745. The molecule has 2 rings (SSSR count). The van der Waals surface area contributed by atoms with Crippen LogP contribution in [0.1, 0.15) is 40.0 Å². The highest BCUT2D eigenvalue weighted by molar-refractivity contribution is 5.80. The lowest BCUT2D eigenvalue weighted by Gasteiger charge is -2.38. The summed E-state index contributed by atoms with van der Waals surface area (Å²) in [7, 11) is 0.